The molecule has 1 fully saturated rings. The molecule has 1 N–H and O–H groups in total. The number of amidine groups is 1. The summed E-state index contributed by atoms with van der Waals surface area (Å²) in [6.45, 7) is 7.45. The van der Waals surface area contributed by atoms with Gasteiger partial charge in [-0.15, -0.1) is 0 Å². The highest BCUT2D eigenvalue weighted by atomic mass is 16.1. The standard InChI is InChI=1S/C27H39N7O/c1-4-25(35)29-18-23-21(19-32(3)22-10-5-8-20-9-7-13-28-27(20)22)30-24-11-6-12-26(34(23)24)33-16-14-31(2)15-17-33/h6-7,9,11-13,21-23H,4-5,8,10,14-19H2,1-3H3,(H,29,35)/t21?,22-,23?/m0/s1. The van der Waals surface area contributed by atoms with Gasteiger partial charge in [-0.25, -0.2) is 0 Å². The molecule has 4 heterocycles. The lowest BCUT2D eigenvalue weighted by atomic mass is 9.90. The first-order chi connectivity index (χ1) is 17.0. The van der Waals surface area contributed by atoms with E-state index in [2.05, 4.69) is 63.3 Å². The average Bonchev–Trinajstić information content (AvgIpc) is 3.24. The largest absolute Gasteiger partial charge is 0.355 e. The van der Waals surface area contributed by atoms with E-state index in [9.17, 15) is 4.79 Å². The number of fused-ring (bicyclic) bond motifs is 2. The highest BCUT2D eigenvalue weighted by Crippen LogP contribution is 2.34. The molecular weight excluding hydrogens is 438 g/mol. The zero-order valence-corrected chi connectivity index (χ0v) is 21.4. The van der Waals surface area contributed by atoms with Crippen LogP contribution >= 0.6 is 0 Å². The lowest BCUT2D eigenvalue weighted by Gasteiger charge is -2.42. The summed E-state index contributed by atoms with van der Waals surface area (Å²) in [6, 6.07) is 4.74. The van der Waals surface area contributed by atoms with E-state index in [1.807, 2.05) is 19.2 Å². The molecule has 1 aromatic heterocycles. The topological polar surface area (TPSA) is 67.3 Å². The van der Waals surface area contributed by atoms with Crippen LogP contribution in [0, 0.1) is 0 Å². The summed E-state index contributed by atoms with van der Waals surface area (Å²) < 4.78 is 0. The predicted octanol–water partition coefficient (Wildman–Crippen LogP) is 2.03. The Morgan fingerprint density at radius 1 is 1.26 bits per heavy atom. The number of nitrogens with one attached hydrogen (secondary N) is 1. The van der Waals surface area contributed by atoms with Crippen LogP contribution in [0.3, 0.4) is 0 Å². The third kappa shape index (κ3) is 5.00. The molecule has 0 radical (unpaired) electrons. The first-order valence-corrected chi connectivity index (χ1v) is 13.1. The number of aliphatic imine (C=N–C) groups is 1. The highest BCUT2D eigenvalue weighted by Gasteiger charge is 2.41. The van der Waals surface area contributed by atoms with E-state index < -0.39 is 0 Å². The number of likely N-dealkylation sites (N-methyl/N-ethyl adjacent to an activating group) is 2. The maximum Gasteiger partial charge on any atom is 0.219 e. The highest BCUT2D eigenvalue weighted by molar-refractivity contribution is 5.97. The molecule has 2 unspecified atom stereocenters. The Morgan fingerprint density at radius 3 is 2.89 bits per heavy atom. The third-order valence-electron chi connectivity index (χ3n) is 7.89. The molecule has 0 spiro atoms. The van der Waals surface area contributed by atoms with Gasteiger partial charge in [-0.05, 0) is 57.1 Å². The fourth-order valence-electron chi connectivity index (χ4n) is 5.83. The second-order valence-electron chi connectivity index (χ2n) is 10.2. The van der Waals surface area contributed by atoms with Crippen LogP contribution < -0.4 is 5.32 Å². The molecule has 8 nitrogen and oxygen atoms in total. The number of nitrogens with zero attached hydrogens (tertiary/aromatic N) is 6. The molecular formula is C27H39N7O. The molecule has 3 atom stereocenters. The molecule has 5 rings (SSSR count). The van der Waals surface area contributed by atoms with Crippen LogP contribution in [0.1, 0.15) is 43.5 Å². The number of pyridine rings is 1. The van der Waals surface area contributed by atoms with Crippen LogP contribution in [0.15, 0.2) is 47.4 Å². The van der Waals surface area contributed by atoms with Gasteiger partial charge in [-0.1, -0.05) is 19.1 Å². The van der Waals surface area contributed by atoms with Crippen LogP contribution in [0.4, 0.5) is 0 Å². The molecule has 35 heavy (non-hydrogen) atoms. The van der Waals surface area contributed by atoms with Gasteiger partial charge in [0.15, 0.2) is 0 Å². The van der Waals surface area contributed by atoms with E-state index in [4.69, 9.17) is 9.98 Å². The smallest absolute Gasteiger partial charge is 0.219 e. The van der Waals surface area contributed by atoms with Crippen molar-refractivity contribution in [3.05, 3.63) is 53.6 Å². The van der Waals surface area contributed by atoms with Crippen molar-refractivity contribution in [2.24, 2.45) is 4.99 Å². The van der Waals surface area contributed by atoms with E-state index in [0.29, 0.717) is 19.0 Å². The SMILES string of the molecule is CCC(=O)NCC1C(CN(C)[C@H]2CCCc3cccnc32)N=C2C=CC=C(N3CCN(C)CC3)N21. The van der Waals surface area contributed by atoms with Gasteiger partial charge in [0.2, 0.25) is 5.91 Å². The number of hydrogen-bond donors (Lipinski definition) is 1. The molecule has 3 aliphatic heterocycles. The van der Waals surface area contributed by atoms with Gasteiger partial charge >= 0.3 is 0 Å². The van der Waals surface area contributed by atoms with E-state index in [0.717, 1.165) is 51.4 Å². The van der Waals surface area contributed by atoms with Gasteiger partial charge in [0, 0.05) is 51.9 Å². The first kappa shape index (κ1) is 24.0. The van der Waals surface area contributed by atoms with Crippen LogP contribution in [-0.4, -0.2) is 102 Å². The summed E-state index contributed by atoms with van der Waals surface area (Å²) in [6.07, 6.45) is 12.3. The molecule has 4 aliphatic rings. The van der Waals surface area contributed by atoms with Crippen LogP contribution in [-0.2, 0) is 11.2 Å². The molecule has 0 aromatic carbocycles. The van der Waals surface area contributed by atoms with Crippen LogP contribution in [0.5, 0.6) is 0 Å². The van der Waals surface area contributed by atoms with Crippen molar-refractivity contribution in [1.82, 2.24) is 29.9 Å². The van der Waals surface area contributed by atoms with Crippen molar-refractivity contribution in [3.8, 4) is 0 Å². The maximum atomic E-state index is 12.2. The summed E-state index contributed by atoms with van der Waals surface area (Å²) >= 11 is 0. The van der Waals surface area contributed by atoms with E-state index in [1.54, 1.807) is 0 Å². The quantitative estimate of drug-likeness (QED) is 0.648. The summed E-state index contributed by atoms with van der Waals surface area (Å²) in [5.74, 6) is 2.32. The Kier molecular flexibility index (Phi) is 7.20. The van der Waals surface area contributed by atoms with Crippen molar-refractivity contribution in [2.45, 2.75) is 50.7 Å². The van der Waals surface area contributed by atoms with Gasteiger partial charge in [0.1, 0.15) is 11.7 Å². The molecule has 1 aliphatic carbocycles. The normalized spacial score (nSPS) is 26.3. The number of rotatable bonds is 7. The first-order valence-electron chi connectivity index (χ1n) is 13.1. The number of aryl methyl sites for hydroxylation is 1. The summed E-state index contributed by atoms with van der Waals surface area (Å²) in [5, 5.41) is 3.17. The molecule has 1 aromatic rings. The average molecular weight is 478 g/mol. The van der Waals surface area contributed by atoms with Crippen LogP contribution in [0.2, 0.25) is 0 Å². The summed E-state index contributed by atoms with van der Waals surface area (Å²) in [7, 11) is 4.39. The van der Waals surface area contributed by atoms with E-state index in [-0.39, 0.29) is 18.0 Å². The molecule has 8 heteroatoms. The Morgan fingerprint density at radius 2 is 2.09 bits per heavy atom. The van der Waals surface area contributed by atoms with Gasteiger partial charge in [0.05, 0.1) is 23.8 Å². The second kappa shape index (κ2) is 10.5. The van der Waals surface area contributed by atoms with Gasteiger partial charge < -0.3 is 20.0 Å². The molecule has 1 saturated heterocycles. The number of amides is 1. The predicted molar refractivity (Wildman–Crippen MR) is 139 cm³/mol. The molecule has 0 saturated carbocycles. The summed E-state index contributed by atoms with van der Waals surface area (Å²) in [5.41, 5.74) is 2.60. The van der Waals surface area contributed by atoms with E-state index >= 15 is 0 Å². The van der Waals surface area contributed by atoms with Crippen molar-refractivity contribution >= 4 is 11.7 Å². The lowest BCUT2D eigenvalue weighted by Crippen LogP contribution is -2.54. The number of carbonyl (C=O) groups is 1. The Balaban J connectivity index is 1.37. The van der Waals surface area contributed by atoms with Crippen molar-refractivity contribution in [2.75, 3.05) is 53.4 Å². The zero-order valence-electron chi connectivity index (χ0n) is 21.4. The molecule has 188 valence electrons. The van der Waals surface area contributed by atoms with Gasteiger partial charge in [0.25, 0.3) is 0 Å². The van der Waals surface area contributed by atoms with Crippen LogP contribution in [0.25, 0.3) is 0 Å². The Bertz CT molecular complexity index is 1010. The molecule has 0 bridgehead atoms. The Labute approximate surface area is 209 Å². The fraction of sp³-hybridized carbons (Fsp3) is 0.593. The minimum absolute atomic E-state index is 0.0693. The third-order valence-corrected chi connectivity index (χ3v) is 7.89. The number of carbonyl (C=O) groups excluding carboxylic acids is 1. The fourth-order valence-corrected chi connectivity index (χ4v) is 5.83. The number of hydrogen-bond acceptors (Lipinski definition) is 7. The Hall–Kier alpha value is -2.71. The lowest BCUT2D eigenvalue weighted by molar-refractivity contribution is -0.120. The second-order valence-corrected chi connectivity index (χ2v) is 10.2. The zero-order chi connectivity index (χ0) is 24.4. The number of aromatic nitrogens is 1. The van der Waals surface area contributed by atoms with E-state index in [1.165, 1.54) is 23.5 Å². The minimum atomic E-state index is 0.0693. The number of allylic oxidation sites excluding steroid dienone is 2. The van der Waals surface area contributed by atoms with Crippen molar-refractivity contribution < 1.29 is 4.79 Å². The molecule has 1 amide bonds. The minimum Gasteiger partial charge on any atom is -0.355 e. The maximum absolute atomic E-state index is 12.2. The van der Waals surface area contributed by atoms with Gasteiger partial charge in [-0.2, -0.15) is 0 Å². The van der Waals surface area contributed by atoms with Crippen molar-refractivity contribution in [3.63, 3.8) is 0 Å². The monoisotopic (exact) mass is 477 g/mol. The number of piperazine rings is 1. The summed E-state index contributed by atoms with van der Waals surface area (Å²) in [4.78, 5) is 31.9. The van der Waals surface area contributed by atoms with Gasteiger partial charge in [-0.3, -0.25) is 19.7 Å². The van der Waals surface area contributed by atoms with Crippen molar-refractivity contribution in [1.29, 1.82) is 0 Å².